The second kappa shape index (κ2) is 4.73. The summed E-state index contributed by atoms with van der Waals surface area (Å²) in [7, 11) is -3.63. The fourth-order valence-corrected chi connectivity index (χ4v) is 2.50. The average molecular weight is 268 g/mol. The van der Waals surface area contributed by atoms with Gasteiger partial charge in [0.1, 0.15) is 0 Å². The molecule has 0 aliphatic carbocycles. The summed E-state index contributed by atoms with van der Waals surface area (Å²) < 4.78 is 26.2. The minimum atomic E-state index is -3.63. The average Bonchev–Trinajstić information content (AvgIpc) is 2.33. The molecule has 0 atom stereocenters. The molecule has 0 aliphatic rings. The van der Waals surface area contributed by atoms with E-state index in [-0.39, 0.29) is 15.7 Å². The predicted octanol–water partition coefficient (Wildman–Crippen LogP) is 2.34. The first kappa shape index (κ1) is 11.9. The van der Waals surface area contributed by atoms with Crippen molar-refractivity contribution in [2.75, 3.05) is 4.72 Å². The summed E-state index contributed by atoms with van der Waals surface area (Å²) in [6, 6.07) is 12.1. The number of halogens is 1. The van der Waals surface area contributed by atoms with Crippen molar-refractivity contribution in [3.8, 4) is 0 Å². The molecule has 1 heterocycles. The molecule has 1 radical (unpaired) electrons. The zero-order valence-electron chi connectivity index (χ0n) is 8.59. The molecule has 6 heteroatoms. The molecular formula is C11H8ClN2O2S. The van der Waals surface area contributed by atoms with Crippen LogP contribution >= 0.6 is 11.6 Å². The van der Waals surface area contributed by atoms with Crippen molar-refractivity contribution in [1.82, 2.24) is 4.98 Å². The maximum absolute atomic E-state index is 11.9. The van der Waals surface area contributed by atoms with Crippen molar-refractivity contribution in [2.45, 2.75) is 4.90 Å². The summed E-state index contributed by atoms with van der Waals surface area (Å²) in [6.45, 7) is 0. The maximum Gasteiger partial charge on any atom is 0.261 e. The fraction of sp³-hybridized carbons (Fsp3) is 0. The largest absolute Gasteiger partial charge is 0.276 e. The van der Waals surface area contributed by atoms with E-state index < -0.39 is 10.0 Å². The molecule has 0 spiro atoms. The number of benzene rings is 1. The number of nitrogens with zero attached hydrogens (tertiary/aromatic N) is 1. The van der Waals surface area contributed by atoms with Gasteiger partial charge in [-0.25, -0.2) is 13.4 Å². The summed E-state index contributed by atoms with van der Waals surface area (Å²) in [6.07, 6.45) is 1.36. The van der Waals surface area contributed by atoms with Crippen molar-refractivity contribution in [2.24, 2.45) is 0 Å². The third kappa shape index (κ3) is 2.75. The smallest absolute Gasteiger partial charge is 0.261 e. The van der Waals surface area contributed by atoms with Crippen LogP contribution < -0.4 is 4.72 Å². The molecule has 0 fully saturated rings. The first-order chi connectivity index (χ1) is 8.09. The number of sulfonamides is 1. The highest BCUT2D eigenvalue weighted by Crippen LogP contribution is 2.21. The third-order valence-electron chi connectivity index (χ3n) is 2.00. The lowest BCUT2D eigenvalue weighted by Gasteiger charge is -2.08. The Kier molecular flexibility index (Phi) is 3.31. The van der Waals surface area contributed by atoms with Crippen LogP contribution in [0.4, 0.5) is 5.69 Å². The number of rotatable bonds is 3. The first-order valence-electron chi connectivity index (χ1n) is 4.69. The number of nitrogens with one attached hydrogen (secondary N) is 1. The van der Waals surface area contributed by atoms with E-state index in [2.05, 4.69) is 15.8 Å². The molecule has 0 bridgehead atoms. The van der Waals surface area contributed by atoms with E-state index in [1.165, 1.54) is 24.4 Å². The first-order valence-corrected chi connectivity index (χ1v) is 6.55. The van der Waals surface area contributed by atoms with Gasteiger partial charge in [0.05, 0.1) is 10.6 Å². The zero-order chi connectivity index (χ0) is 12.3. The summed E-state index contributed by atoms with van der Waals surface area (Å²) >= 11 is 5.76. The molecule has 0 amide bonds. The molecule has 1 aromatic heterocycles. The number of pyridine rings is 1. The van der Waals surface area contributed by atoms with Gasteiger partial charge in [-0.05, 0) is 18.2 Å². The van der Waals surface area contributed by atoms with Crippen LogP contribution in [0.25, 0.3) is 0 Å². The van der Waals surface area contributed by atoms with E-state index in [1.54, 1.807) is 18.2 Å². The fourth-order valence-electron chi connectivity index (χ4n) is 1.22. The Hall–Kier alpha value is -1.59. The van der Waals surface area contributed by atoms with E-state index in [1.807, 2.05) is 0 Å². The van der Waals surface area contributed by atoms with Gasteiger partial charge in [-0.2, -0.15) is 0 Å². The number of anilines is 1. The molecule has 2 rings (SSSR count). The Morgan fingerprint density at radius 1 is 1.24 bits per heavy atom. The van der Waals surface area contributed by atoms with Gasteiger partial charge in [-0.15, -0.1) is 0 Å². The van der Waals surface area contributed by atoms with Crippen molar-refractivity contribution in [3.63, 3.8) is 0 Å². The standard InChI is InChI=1S/C11H8ClN2O2S/c12-11-10(7-4-8-13-11)14-17(15,16)9-5-2-1-3-6-9/h1-3,5-8,14H. The lowest BCUT2D eigenvalue weighted by Crippen LogP contribution is -2.13. The molecular weight excluding hydrogens is 260 g/mol. The number of aromatic nitrogens is 1. The lowest BCUT2D eigenvalue weighted by atomic mass is 10.4. The quantitative estimate of drug-likeness (QED) is 0.869. The molecule has 87 valence electrons. The Labute approximate surface area is 104 Å². The Balaban J connectivity index is 2.34. The summed E-state index contributed by atoms with van der Waals surface area (Å²) in [5, 5.41) is 0.0863. The van der Waals surface area contributed by atoms with Crippen molar-refractivity contribution in [1.29, 1.82) is 0 Å². The van der Waals surface area contributed by atoms with Crippen LogP contribution in [0.5, 0.6) is 0 Å². The number of hydrogen-bond donors (Lipinski definition) is 1. The summed E-state index contributed by atoms with van der Waals surface area (Å²) in [4.78, 5) is 3.91. The molecule has 0 unspecified atom stereocenters. The van der Waals surface area contributed by atoms with Crippen LogP contribution in [0.2, 0.25) is 5.15 Å². The van der Waals surface area contributed by atoms with E-state index >= 15 is 0 Å². The molecule has 0 saturated heterocycles. The maximum atomic E-state index is 11.9. The van der Waals surface area contributed by atoms with Gasteiger partial charge < -0.3 is 0 Å². The summed E-state index contributed by atoms with van der Waals surface area (Å²) in [5.74, 6) is 0. The monoisotopic (exact) mass is 267 g/mol. The SMILES string of the molecule is O=S(=O)(Nc1c[c]cnc1Cl)c1ccccc1. The highest BCUT2D eigenvalue weighted by molar-refractivity contribution is 7.92. The Morgan fingerprint density at radius 2 is 1.94 bits per heavy atom. The van der Waals surface area contributed by atoms with E-state index in [0.29, 0.717) is 0 Å². The van der Waals surface area contributed by atoms with Crippen LogP contribution in [0.15, 0.2) is 47.5 Å². The molecule has 2 aromatic rings. The molecule has 0 aliphatic heterocycles. The number of hydrogen-bond acceptors (Lipinski definition) is 3. The van der Waals surface area contributed by atoms with Gasteiger partial charge in [0.15, 0.2) is 5.15 Å². The van der Waals surface area contributed by atoms with E-state index in [9.17, 15) is 8.42 Å². The lowest BCUT2D eigenvalue weighted by molar-refractivity contribution is 0.601. The van der Waals surface area contributed by atoms with Gasteiger partial charge >= 0.3 is 0 Å². The Bertz CT molecular complexity index is 614. The topological polar surface area (TPSA) is 59.1 Å². The van der Waals surface area contributed by atoms with Gasteiger partial charge in [-0.3, -0.25) is 4.72 Å². The third-order valence-corrected chi connectivity index (χ3v) is 3.68. The minimum absolute atomic E-state index is 0.0863. The van der Waals surface area contributed by atoms with Crippen molar-refractivity contribution >= 4 is 27.3 Å². The van der Waals surface area contributed by atoms with Crippen LogP contribution in [0.1, 0.15) is 0 Å². The van der Waals surface area contributed by atoms with Crippen molar-refractivity contribution < 1.29 is 8.42 Å². The minimum Gasteiger partial charge on any atom is -0.276 e. The van der Waals surface area contributed by atoms with Crippen LogP contribution in [0, 0.1) is 6.07 Å². The van der Waals surface area contributed by atoms with Gasteiger partial charge in [-0.1, -0.05) is 29.8 Å². The molecule has 1 aromatic carbocycles. The molecule has 4 nitrogen and oxygen atoms in total. The van der Waals surface area contributed by atoms with E-state index in [4.69, 9.17) is 11.6 Å². The van der Waals surface area contributed by atoms with Crippen LogP contribution in [-0.2, 0) is 10.0 Å². The van der Waals surface area contributed by atoms with Crippen molar-refractivity contribution in [3.05, 3.63) is 53.8 Å². The molecule has 1 N–H and O–H groups in total. The highest BCUT2D eigenvalue weighted by Gasteiger charge is 2.14. The van der Waals surface area contributed by atoms with Gasteiger partial charge in [0.25, 0.3) is 10.0 Å². The highest BCUT2D eigenvalue weighted by atomic mass is 35.5. The van der Waals surface area contributed by atoms with Gasteiger partial charge in [0, 0.05) is 12.3 Å². The van der Waals surface area contributed by atoms with Crippen LogP contribution in [-0.4, -0.2) is 13.4 Å². The summed E-state index contributed by atoms with van der Waals surface area (Å²) in [5.41, 5.74) is 0.206. The second-order valence-corrected chi connectivity index (χ2v) is 5.23. The normalized spacial score (nSPS) is 11.1. The zero-order valence-corrected chi connectivity index (χ0v) is 10.2. The second-order valence-electron chi connectivity index (χ2n) is 3.19. The van der Waals surface area contributed by atoms with E-state index in [0.717, 1.165) is 0 Å². The van der Waals surface area contributed by atoms with Gasteiger partial charge in [0.2, 0.25) is 0 Å². The molecule has 0 saturated carbocycles. The predicted molar refractivity (Wildman–Crippen MR) is 65.3 cm³/mol. The van der Waals surface area contributed by atoms with Crippen LogP contribution in [0.3, 0.4) is 0 Å². The molecule has 17 heavy (non-hydrogen) atoms. The Morgan fingerprint density at radius 3 is 2.59 bits per heavy atom.